The summed E-state index contributed by atoms with van der Waals surface area (Å²) in [6.45, 7) is 1.93. The summed E-state index contributed by atoms with van der Waals surface area (Å²) in [5.74, 6) is 0.813. The van der Waals surface area contributed by atoms with Crippen LogP contribution in [0, 0.1) is 6.92 Å². The Morgan fingerprint density at radius 1 is 1.10 bits per heavy atom. The Kier molecular flexibility index (Phi) is 4.39. The SMILES string of the molecule is Cc1cnc(-c2ccc(Cl)cc2OC2CCCCC2)cn1. The van der Waals surface area contributed by atoms with Gasteiger partial charge in [-0.3, -0.25) is 9.97 Å². The van der Waals surface area contributed by atoms with Crippen molar-refractivity contribution in [2.24, 2.45) is 0 Å². The second-order valence-corrected chi connectivity index (χ2v) is 6.00. The fraction of sp³-hybridized carbons (Fsp3) is 0.412. The molecule has 1 aromatic heterocycles. The molecule has 0 amide bonds. The summed E-state index contributed by atoms with van der Waals surface area (Å²) < 4.78 is 6.20. The molecule has 0 atom stereocenters. The molecule has 3 rings (SSSR count). The molecule has 0 N–H and O–H groups in total. The highest BCUT2D eigenvalue weighted by Crippen LogP contribution is 2.33. The monoisotopic (exact) mass is 302 g/mol. The van der Waals surface area contributed by atoms with Gasteiger partial charge in [-0.15, -0.1) is 0 Å². The third-order valence-electron chi connectivity index (χ3n) is 3.85. The molecule has 0 spiro atoms. The van der Waals surface area contributed by atoms with Gasteiger partial charge in [-0.1, -0.05) is 18.0 Å². The topological polar surface area (TPSA) is 35.0 Å². The summed E-state index contributed by atoms with van der Waals surface area (Å²) in [7, 11) is 0. The number of rotatable bonds is 3. The Balaban J connectivity index is 1.90. The van der Waals surface area contributed by atoms with Crippen LogP contribution >= 0.6 is 11.6 Å². The molecule has 0 bridgehead atoms. The minimum absolute atomic E-state index is 0.286. The van der Waals surface area contributed by atoms with Gasteiger partial charge >= 0.3 is 0 Å². The van der Waals surface area contributed by atoms with Crippen molar-refractivity contribution >= 4 is 11.6 Å². The Morgan fingerprint density at radius 3 is 2.62 bits per heavy atom. The van der Waals surface area contributed by atoms with E-state index >= 15 is 0 Å². The van der Waals surface area contributed by atoms with Crippen LogP contribution in [0.3, 0.4) is 0 Å². The first-order valence-electron chi connectivity index (χ1n) is 7.47. The van der Waals surface area contributed by atoms with E-state index < -0.39 is 0 Å². The van der Waals surface area contributed by atoms with Crippen molar-refractivity contribution in [1.82, 2.24) is 9.97 Å². The van der Waals surface area contributed by atoms with Gasteiger partial charge in [0.05, 0.1) is 23.7 Å². The molecule has 2 aromatic rings. The Morgan fingerprint density at radius 2 is 1.90 bits per heavy atom. The second kappa shape index (κ2) is 6.44. The van der Waals surface area contributed by atoms with E-state index in [4.69, 9.17) is 16.3 Å². The Bertz CT molecular complexity index is 607. The van der Waals surface area contributed by atoms with E-state index in [-0.39, 0.29) is 6.10 Å². The van der Waals surface area contributed by atoms with Crippen LogP contribution in [0.4, 0.5) is 0 Å². The van der Waals surface area contributed by atoms with E-state index in [1.807, 2.05) is 25.1 Å². The van der Waals surface area contributed by atoms with Gasteiger partial charge in [0, 0.05) is 16.8 Å². The number of halogens is 1. The molecular formula is C17H19ClN2O. The van der Waals surface area contributed by atoms with Gasteiger partial charge in [0.15, 0.2) is 0 Å². The van der Waals surface area contributed by atoms with E-state index in [0.717, 1.165) is 35.5 Å². The first-order valence-corrected chi connectivity index (χ1v) is 7.85. The lowest BCUT2D eigenvalue weighted by molar-refractivity contribution is 0.155. The summed E-state index contributed by atoms with van der Waals surface area (Å²) in [5.41, 5.74) is 2.68. The van der Waals surface area contributed by atoms with Crippen LogP contribution in [0.2, 0.25) is 5.02 Å². The molecular weight excluding hydrogens is 284 g/mol. The smallest absolute Gasteiger partial charge is 0.130 e. The van der Waals surface area contributed by atoms with Gasteiger partial charge in [0.2, 0.25) is 0 Å². The maximum Gasteiger partial charge on any atom is 0.130 e. The quantitative estimate of drug-likeness (QED) is 0.815. The van der Waals surface area contributed by atoms with Gasteiger partial charge in [-0.25, -0.2) is 0 Å². The van der Waals surface area contributed by atoms with Gasteiger partial charge in [0.1, 0.15) is 5.75 Å². The zero-order valence-electron chi connectivity index (χ0n) is 12.2. The lowest BCUT2D eigenvalue weighted by atomic mass is 9.97. The van der Waals surface area contributed by atoms with Crippen molar-refractivity contribution in [1.29, 1.82) is 0 Å². The molecule has 0 aliphatic heterocycles. The molecule has 1 heterocycles. The molecule has 1 aliphatic rings. The highest BCUT2D eigenvalue weighted by atomic mass is 35.5. The number of ether oxygens (including phenoxy) is 1. The molecule has 1 saturated carbocycles. The van der Waals surface area contributed by atoms with Gasteiger partial charge < -0.3 is 4.74 Å². The molecule has 3 nitrogen and oxygen atoms in total. The second-order valence-electron chi connectivity index (χ2n) is 5.56. The summed E-state index contributed by atoms with van der Waals surface area (Å²) in [6.07, 6.45) is 9.87. The van der Waals surface area contributed by atoms with Crippen LogP contribution in [-0.2, 0) is 0 Å². The third-order valence-corrected chi connectivity index (χ3v) is 4.08. The summed E-state index contributed by atoms with van der Waals surface area (Å²) in [4.78, 5) is 8.76. The average Bonchev–Trinajstić information content (AvgIpc) is 2.50. The van der Waals surface area contributed by atoms with Crippen LogP contribution in [0.25, 0.3) is 11.3 Å². The van der Waals surface area contributed by atoms with E-state index in [9.17, 15) is 0 Å². The number of aromatic nitrogens is 2. The highest BCUT2D eigenvalue weighted by Gasteiger charge is 2.17. The van der Waals surface area contributed by atoms with E-state index in [1.165, 1.54) is 19.3 Å². The van der Waals surface area contributed by atoms with Crippen LogP contribution in [0.5, 0.6) is 5.75 Å². The van der Waals surface area contributed by atoms with Crippen molar-refractivity contribution < 1.29 is 4.74 Å². The largest absolute Gasteiger partial charge is 0.490 e. The van der Waals surface area contributed by atoms with Crippen molar-refractivity contribution in [3.63, 3.8) is 0 Å². The Hall–Kier alpha value is -1.61. The van der Waals surface area contributed by atoms with Crippen LogP contribution in [0.15, 0.2) is 30.6 Å². The van der Waals surface area contributed by atoms with Crippen molar-refractivity contribution in [2.75, 3.05) is 0 Å². The summed E-state index contributed by atoms with van der Waals surface area (Å²) in [5, 5.41) is 0.685. The first kappa shape index (κ1) is 14.3. The molecule has 0 radical (unpaired) electrons. The molecule has 0 unspecified atom stereocenters. The minimum Gasteiger partial charge on any atom is -0.490 e. The average molecular weight is 303 g/mol. The first-order chi connectivity index (χ1) is 10.2. The molecule has 110 valence electrons. The molecule has 4 heteroatoms. The number of aryl methyl sites for hydroxylation is 1. The molecule has 1 aromatic carbocycles. The predicted molar refractivity (Wildman–Crippen MR) is 84.7 cm³/mol. The van der Waals surface area contributed by atoms with Crippen LogP contribution in [-0.4, -0.2) is 16.1 Å². The van der Waals surface area contributed by atoms with Gasteiger partial charge in [-0.05, 0) is 50.8 Å². The number of benzene rings is 1. The predicted octanol–water partition coefficient (Wildman–Crippen LogP) is 4.82. The summed E-state index contributed by atoms with van der Waals surface area (Å²) >= 11 is 6.13. The summed E-state index contributed by atoms with van der Waals surface area (Å²) in [6, 6.07) is 5.71. The van der Waals surface area contributed by atoms with Crippen molar-refractivity contribution in [2.45, 2.75) is 45.1 Å². The van der Waals surface area contributed by atoms with Crippen LogP contribution in [0.1, 0.15) is 37.8 Å². The fourth-order valence-electron chi connectivity index (χ4n) is 2.70. The van der Waals surface area contributed by atoms with E-state index in [2.05, 4.69) is 9.97 Å². The van der Waals surface area contributed by atoms with Crippen molar-refractivity contribution in [3.8, 4) is 17.0 Å². The third kappa shape index (κ3) is 3.53. The minimum atomic E-state index is 0.286. The van der Waals surface area contributed by atoms with Gasteiger partial charge in [-0.2, -0.15) is 0 Å². The van der Waals surface area contributed by atoms with Crippen molar-refractivity contribution in [3.05, 3.63) is 41.3 Å². The number of hydrogen-bond donors (Lipinski definition) is 0. The normalized spacial score (nSPS) is 15.9. The molecule has 1 fully saturated rings. The maximum absolute atomic E-state index is 6.20. The fourth-order valence-corrected chi connectivity index (χ4v) is 2.86. The lowest BCUT2D eigenvalue weighted by Gasteiger charge is -2.24. The Labute approximate surface area is 130 Å². The van der Waals surface area contributed by atoms with E-state index in [0.29, 0.717) is 5.02 Å². The number of hydrogen-bond acceptors (Lipinski definition) is 3. The highest BCUT2D eigenvalue weighted by molar-refractivity contribution is 6.30. The molecule has 0 saturated heterocycles. The zero-order valence-corrected chi connectivity index (χ0v) is 12.9. The van der Waals surface area contributed by atoms with E-state index in [1.54, 1.807) is 12.4 Å². The standard InChI is InChI=1S/C17H19ClN2O/c1-12-10-20-16(11-19-12)15-8-7-13(18)9-17(15)21-14-5-3-2-4-6-14/h7-11,14H,2-6H2,1H3. The zero-order chi connectivity index (χ0) is 14.7. The molecule has 1 aliphatic carbocycles. The number of nitrogens with zero attached hydrogens (tertiary/aromatic N) is 2. The maximum atomic E-state index is 6.20. The lowest BCUT2D eigenvalue weighted by Crippen LogP contribution is -2.20. The molecule has 21 heavy (non-hydrogen) atoms. The van der Waals surface area contributed by atoms with Gasteiger partial charge in [0.25, 0.3) is 0 Å². The van der Waals surface area contributed by atoms with Crippen LogP contribution < -0.4 is 4.74 Å².